The first-order valence-electron chi connectivity index (χ1n) is 6.80. The number of nitrogens with one attached hydrogen (secondary N) is 1. The topological polar surface area (TPSA) is 40.6 Å². The molecule has 1 atom stereocenters. The lowest BCUT2D eigenvalue weighted by Gasteiger charge is -2.38. The molecule has 5 nitrogen and oxygen atoms in total. The molecule has 1 aromatic heterocycles. The van der Waals surface area contributed by atoms with Crippen LogP contribution in [0.4, 0.5) is 5.13 Å². The first-order valence-corrected chi connectivity index (χ1v) is 7.68. The molecule has 1 aliphatic rings. The summed E-state index contributed by atoms with van der Waals surface area (Å²) in [5, 5.41) is 6.64. The van der Waals surface area contributed by atoms with Crippen molar-refractivity contribution in [3.8, 4) is 0 Å². The summed E-state index contributed by atoms with van der Waals surface area (Å²) in [6, 6.07) is 0.541. The molecule has 0 amide bonds. The number of aromatic nitrogens is 1. The molecule has 0 bridgehead atoms. The van der Waals surface area contributed by atoms with Gasteiger partial charge in [0.1, 0.15) is 0 Å². The van der Waals surface area contributed by atoms with Crippen molar-refractivity contribution in [3.05, 3.63) is 11.1 Å². The summed E-state index contributed by atoms with van der Waals surface area (Å²) in [6.07, 6.45) is 0. The van der Waals surface area contributed by atoms with Crippen LogP contribution in [0.2, 0.25) is 0 Å². The number of likely N-dealkylation sites (N-methyl/N-ethyl adjacent to an activating group) is 1. The fourth-order valence-electron chi connectivity index (χ4n) is 2.32. The second kappa shape index (κ2) is 7.19. The van der Waals surface area contributed by atoms with Crippen molar-refractivity contribution in [2.24, 2.45) is 0 Å². The molecule has 1 unspecified atom stereocenters. The fourth-order valence-corrected chi connectivity index (χ4v) is 3.28. The highest BCUT2D eigenvalue weighted by atomic mass is 32.1. The van der Waals surface area contributed by atoms with E-state index in [1.807, 2.05) is 0 Å². The Bertz CT molecular complexity index is 384. The summed E-state index contributed by atoms with van der Waals surface area (Å²) < 4.78 is 5.01. The third-order valence-electron chi connectivity index (χ3n) is 3.40. The smallest absolute Gasteiger partial charge is 0.185 e. The average molecular weight is 284 g/mol. The van der Waals surface area contributed by atoms with E-state index in [1.54, 1.807) is 18.4 Å². The monoisotopic (exact) mass is 284 g/mol. The molecular weight excluding hydrogens is 260 g/mol. The van der Waals surface area contributed by atoms with Gasteiger partial charge in [-0.25, -0.2) is 4.98 Å². The van der Waals surface area contributed by atoms with Crippen molar-refractivity contribution in [3.63, 3.8) is 0 Å². The van der Waals surface area contributed by atoms with Crippen LogP contribution in [0.15, 0.2) is 5.38 Å². The van der Waals surface area contributed by atoms with Crippen LogP contribution in [0.5, 0.6) is 0 Å². The van der Waals surface area contributed by atoms with Crippen LogP contribution < -0.4 is 10.2 Å². The molecule has 1 N–H and O–H groups in total. The summed E-state index contributed by atoms with van der Waals surface area (Å²) in [4.78, 5) is 9.53. The van der Waals surface area contributed by atoms with E-state index in [1.165, 1.54) is 0 Å². The van der Waals surface area contributed by atoms with E-state index in [2.05, 4.69) is 34.5 Å². The summed E-state index contributed by atoms with van der Waals surface area (Å²) in [6.45, 7) is 8.00. The maximum Gasteiger partial charge on any atom is 0.185 e. The van der Waals surface area contributed by atoms with Crippen molar-refractivity contribution in [2.45, 2.75) is 19.5 Å². The lowest BCUT2D eigenvalue weighted by Crippen LogP contribution is -2.50. The Balaban J connectivity index is 1.86. The van der Waals surface area contributed by atoms with E-state index < -0.39 is 0 Å². The molecule has 1 saturated heterocycles. The zero-order valence-corrected chi connectivity index (χ0v) is 12.9. The van der Waals surface area contributed by atoms with Gasteiger partial charge in [-0.2, -0.15) is 0 Å². The highest BCUT2D eigenvalue weighted by Gasteiger charge is 2.23. The van der Waals surface area contributed by atoms with Crippen molar-refractivity contribution in [2.75, 3.05) is 51.8 Å². The van der Waals surface area contributed by atoms with Crippen LogP contribution in [0.25, 0.3) is 0 Å². The number of rotatable bonds is 6. The van der Waals surface area contributed by atoms with Gasteiger partial charge < -0.3 is 19.9 Å². The highest BCUT2D eigenvalue weighted by molar-refractivity contribution is 7.13. The Hall–Kier alpha value is -0.690. The summed E-state index contributed by atoms with van der Waals surface area (Å²) >= 11 is 1.75. The standard InChI is InChI=1S/C13H24N4OS/c1-11-9-16(2)5-6-17(11)13-15-12(10-19-13)8-14-4-7-18-3/h10-11,14H,4-9H2,1-3H3. The highest BCUT2D eigenvalue weighted by Crippen LogP contribution is 2.24. The summed E-state index contributed by atoms with van der Waals surface area (Å²) in [5.41, 5.74) is 1.13. The van der Waals surface area contributed by atoms with Gasteiger partial charge in [0.25, 0.3) is 0 Å². The second-order valence-electron chi connectivity index (χ2n) is 5.10. The number of anilines is 1. The van der Waals surface area contributed by atoms with Crippen LogP contribution in [0, 0.1) is 0 Å². The summed E-state index contributed by atoms with van der Waals surface area (Å²) in [5.74, 6) is 0. The number of thiazole rings is 1. The quantitative estimate of drug-likeness (QED) is 0.790. The molecule has 1 aromatic rings. The first kappa shape index (κ1) is 14.7. The van der Waals surface area contributed by atoms with Crippen LogP contribution in [-0.4, -0.2) is 62.9 Å². The lowest BCUT2D eigenvalue weighted by atomic mass is 10.2. The number of ether oxygens (including phenoxy) is 1. The normalized spacial score (nSPS) is 21.0. The van der Waals surface area contributed by atoms with Gasteiger partial charge in [0.2, 0.25) is 0 Å². The minimum atomic E-state index is 0.541. The van der Waals surface area contributed by atoms with E-state index in [9.17, 15) is 0 Å². The predicted molar refractivity (Wildman–Crippen MR) is 80.0 cm³/mol. The molecule has 1 fully saturated rings. The molecule has 0 spiro atoms. The van der Waals surface area contributed by atoms with Crippen LogP contribution in [0.1, 0.15) is 12.6 Å². The Morgan fingerprint density at radius 1 is 1.53 bits per heavy atom. The van der Waals surface area contributed by atoms with Crippen LogP contribution >= 0.6 is 11.3 Å². The van der Waals surface area contributed by atoms with Gasteiger partial charge >= 0.3 is 0 Å². The van der Waals surface area contributed by atoms with Gasteiger partial charge in [0, 0.05) is 51.3 Å². The molecule has 2 heterocycles. The fraction of sp³-hybridized carbons (Fsp3) is 0.769. The maximum atomic E-state index is 5.01. The van der Waals surface area contributed by atoms with E-state index in [-0.39, 0.29) is 0 Å². The summed E-state index contributed by atoms with van der Waals surface area (Å²) in [7, 11) is 3.90. The number of hydrogen-bond donors (Lipinski definition) is 1. The molecule has 6 heteroatoms. The van der Waals surface area contributed by atoms with E-state index in [0.717, 1.165) is 50.2 Å². The largest absolute Gasteiger partial charge is 0.383 e. The number of nitrogens with zero attached hydrogens (tertiary/aromatic N) is 3. The minimum absolute atomic E-state index is 0.541. The van der Waals surface area contributed by atoms with E-state index >= 15 is 0 Å². The molecule has 0 radical (unpaired) electrons. The van der Waals surface area contributed by atoms with Gasteiger partial charge in [-0.1, -0.05) is 0 Å². The molecule has 1 aliphatic heterocycles. The zero-order valence-electron chi connectivity index (χ0n) is 12.1. The Labute approximate surface area is 119 Å². The Morgan fingerprint density at radius 3 is 3.11 bits per heavy atom. The first-order chi connectivity index (χ1) is 9.20. The third-order valence-corrected chi connectivity index (χ3v) is 4.33. The molecule has 2 rings (SSSR count). The van der Waals surface area contributed by atoms with Crippen molar-refractivity contribution < 1.29 is 4.74 Å². The molecule has 0 aromatic carbocycles. The van der Waals surface area contributed by atoms with Crippen molar-refractivity contribution >= 4 is 16.5 Å². The maximum absolute atomic E-state index is 5.01. The molecule has 19 heavy (non-hydrogen) atoms. The Morgan fingerprint density at radius 2 is 2.37 bits per heavy atom. The average Bonchev–Trinajstić information content (AvgIpc) is 2.83. The van der Waals surface area contributed by atoms with Crippen molar-refractivity contribution in [1.82, 2.24) is 15.2 Å². The minimum Gasteiger partial charge on any atom is -0.383 e. The van der Waals surface area contributed by atoms with Crippen molar-refractivity contribution in [1.29, 1.82) is 0 Å². The van der Waals surface area contributed by atoms with Crippen LogP contribution in [0.3, 0.4) is 0 Å². The lowest BCUT2D eigenvalue weighted by molar-refractivity contribution is 0.199. The van der Waals surface area contributed by atoms with Gasteiger partial charge in [0.05, 0.1) is 12.3 Å². The molecule has 0 aliphatic carbocycles. The van der Waals surface area contributed by atoms with Gasteiger partial charge in [-0.15, -0.1) is 11.3 Å². The molecular formula is C13H24N4OS. The zero-order chi connectivity index (χ0) is 13.7. The SMILES string of the molecule is COCCNCc1csc(N2CCN(C)CC2C)n1. The predicted octanol–water partition coefficient (Wildman–Crippen LogP) is 1.02. The molecule has 0 saturated carbocycles. The van der Waals surface area contributed by atoms with E-state index in [4.69, 9.17) is 9.72 Å². The van der Waals surface area contributed by atoms with Gasteiger partial charge in [0.15, 0.2) is 5.13 Å². The third kappa shape index (κ3) is 4.14. The second-order valence-corrected chi connectivity index (χ2v) is 5.93. The number of piperazine rings is 1. The number of hydrogen-bond acceptors (Lipinski definition) is 6. The van der Waals surface area contributed by atoms with Gasteiger partial charge in [-0.3, -0.25) is 0 Å². The van der Waals surface area contributed by atoms with Gasteiger partial charge in [-0.05, 0) is 14.0 Å². The molecule has 108 valence electrons. The number of methoxy groups -OCH3 is 1. The Kier molecular flexibility index (Phi) is 5.57. The van der Waals surface area contributed by atoms with E-state index in [0.29, 0.717) is 6.04 Å². The van der Waals surface area contributed by atoms with Crippen LogP contribution in [-0.2, 0) is 11.3 Å².